The fraction of sp³-hybridized carbons (Fsp3) is 0.0909. The van der Waals surface area contributed by atoms with Gasteiger partial charge in [0.05, 0.1) is 4.47 Å². The number of hydrogen-bond donors (Lipinski definition) is 2. The molecule has 2 aromatic rings. The number of rotatable bonds is 3. The third-order valence-corrected chi connectivity index (χ3v) is 2.84. The largest absolute Gasteiger partial charge is 0.476 e. The van der Waals surface area contributed by atoms with E-state index in [4.69, 9.17) is 9.52 Å². The van der Waals surface area contributed by atoms with E-state index in [1.807, 2.05) is 0 Å². The molecular weight excluding hydrogens is 307 g/mol. The standard InChI is InChI=1S/C11H8BrFN2O3/c1-5-2-6(12)7(13)3-8(5)14-11-15-9(4-18-11)10(16)17/h2-4H,1H3,(H,14,15)(H,16,17). The first-order valence-electron chi connectivity index (χ1n) is 4.89. The molecule has 0 saturated heterocycles. The van der Waals surface area contributed by atoms with Gasteiger partial charge in [0.15, 0.2) is 5.69 Å². The number of aromatic carboxylic acids is 1. The molecule has 0 fully saturated rings. The molecule has 0 unspecified atom stereocenters. The van der Waals surface area contributed by atoms with E-state index < -0.39 is 11.8 Å². The van der Waals surface area contributed by atoms with Gasteiger partial charge in [-0.3, -0.25) is 0 Å². The molecule has 18 heavy (non-hydrogen) atoms. The first-order chi connectivity index (χ1) is 8.47. The summed E-state index contributed by atoms with van der Waals surface area (Å²) in [4.78, 5) is 14.3. The molecule has 2 rings (SSSR count). The Morgan fingerprint density at radius 2 is 2.28 bits per heavy atom. The molecule has 0 bridgehead atoms. The lowest BCUT2D eigenvalue weighted by Crippen LogP contribution is -1.98. The SMILES string of the molecule is Cc1cc(Br)c(F)cc1Nc1nc(C(=O)O)co1. The van der Waals surface area contributed by atoms with Crippen LogP contribution in [0.2, 0.25) is 0 Å². The van der Waals surface area contributed by atoms with Gasteiger partial charge in [-0.2, -0.15) is 4.98 Å². The number of carboxylic acids is 1. The lowest BCUT2D eigenvalue weighted by Gasteiger charge is -2.07. The molecule has 1 heterocycles. The molecule has 5 nitrogen and oxygen atoms in total. The molecular formula is C11H8BrFN2O3. The maximum Gasteiger partial charge on any atom is 0.357 e. The first kappa shape index (κ1) is 12.6. The summed E-state index contributed by atoms with van der Waals surface area (Å²) in [6.45, 7) is 1.77. The number of carbonyl (C=O) groups is 1. The molecule has 0 saturated carbocycles. The van der Waals surface area contributed by atoms with Crippen molar-refractivity contribution < 1.29 is 18.7 Å². The van der Waals surface area contributed by atoms with E-state index in [0.29, 0.717) is 10.2 Å². The van der Waals surface area contributed by atoms with Gasteiger partial charge in [-0.1, -0.05) is 0 Å². The maximum atomic E-state index is 13.4. The number of benzene rings is 1. The summed E-state index contributed by atoms with van der Waals surface area (Å²) in [5.41, 5.74) is 1.00. The highest BCUT2D eigenvalue weighted by Gasteiger charge is 2.12. The van der Waals surface area contributed by atoms with Crippen molar-refractivity contribution in [3.05, 3.63) is 39.9 Å². The van der Waals surface area contributed by atoms with E-state index in [0.717, 1.165) is 11.8 Å². The van der Waals surface area contributed by atoms with Gasteiger partial charge >= 0.3 is 5.97 Å². The summed E-state index contributed by atoms with van der Waals surface area (Å²) in [6, 6.07) is 2.86. The molecule has 0 atom stereocenters. The molecule has 1 aromatic heterocycles. The van der Waals surface area contributed by atoms with Crippen molar-refractivity contribution in [3.63, 3.8) is 0 Å². The molecule has 0 amide bonds. The Bertz CT molecular complexity index is 612. The number of aryl methyl sites for hydroxylation is 1. The van der Waals surface area contributed by atoms with Crippen LogP contribution in [0, 0.1) is 12.7 Å². The number of anilines is 2. The highest BCUT2D eigenvalue weighted by molar-refractivity contribution is 9.10. The fourth-order valence-electron chi connectivity index (χ4n) is 1.33. The minimum Gasteiger partial charge on any atom is -0.476 e. The average Bonchev–Trinajstić information content (AvgIpc) is 2.74. The van der Waals surface area contributed by atoms with Crippen LogP contribution in [-0.2, 0) is 0 Å². The molecule has 0 spiro atoms. The van der Waals surface area contributed by atoms with E-state index in [2.05, 4.69) is 26.2 Å². The first-order valence-corrected chi connectivity index (χ1v) is 5.68. The quantitative estimate of drug-likeness (QED) is 0.908. The number of oxazole rings is 1. The molecule has 2 N–H and O–H groups in total. The van der Waals surface area contributed by atoms with Crippen molar-refractivity contribution in [1.82, 2.24) is 4.98 Å². The third-order valence-electron chi connectivity index (χ3n) is 2.23. The van der Waals surface area contributed by atoms with Crippen molar-refractivity contribution in [2.45, 2.75) is 6.92 Å². The second-order valence-corrected chi connectivity index (χ2v) is 4.40. The van der Waals surface area contributed by atoms with Crippen molar-refractivity contribution in [3.8, 4) is 0 Å². The minimum absolute atomic E-state index is 0.00257. The zero-order valence-electron chi connectivity index (χ0n) is 9.20. The molecule has 1 aromatic carbocycles. The van der Waals surface area contributed by atoms with Crippen LogP contribution in [-0.4, -0.2) is 16.1 Å². The molecule has 7 heteroatoms. The van der Waals surface area contributed by atoms with E-state index in [1.165, 1.54) is 6.07 Å². The van der Waals surface area contributed by atoms with Gasteiger partial charge in [-0.25, -0.2) is 9.18 Å². The smallest absolute Gasteiger partial charge is 0.357 e. The van der Waals surface area contributed by atoms with Gasteiger partial charge in [-0.05, 0) is 40.5 Å². The average molecular weight is 315 g/mol. The molecule has 0 aliphatic carbocycles. The van der Waals surface area contributed by atoms with Crippen LogP contribution >= 0.6 is 15.9 Å². The van der Waals surface area contributed by atoms with Gasteiger partial charge in [0.2, 0.25) is 0 Å². The Hall–Kier alpha value is -1.89. The Morgan fingerprint density at radius 1 is 1.56 bits per heavy atom. The summed E-state index contributed by atoms with van der Waals surface area (Å²) in [5, 5.41) is 11.4. The van der Waals surface area contributed by atoms with Crippen LogP contribution in [0.15, 0.2) is 27.3 Å². The fourth-order valence-corrected chi connectivity index (χ4v) is 1.78. The summed E-state index contributed by atoms with van der Waals surface area (Å²) in [6.07, 6.45) is 1.01. The second kappa shape index (κ2) is 4.77. The zero-order valence-corrected chi connectivity index (χ0v) is 10.8. The number of nitrogens with zero attached hydrogens (tertiary/aromatic N) is 1. The van der Waals surface area contributed by atoms with Gasteiger partial charge in [0.1, 0.15) is 12.1 Å². The lowest BCUT2D eigenvalue weighted by atomic mass is 10.2. The molecule has 0 radical (unpaired) electrons. The highest BCUT2D eigenvalue weighted by Crippen LogP contribution is 2.26. The van der Waals surface area contributed by atoms with Crippen LogP contribution < -0.4 is 5.32 Å². The number of aromatic nitrogens is 1. The summed E-state index contributed by atoms with van der Waals surface area (Å²) in [5.74, 6) is -1.63. The summed E-state index contributed by atoms with van der Waals surface area (Å²) in [7, 11) is 0. The lowest BCUT2D eigenvalue weighted by molar-refractivity contribution is 0.0690. The van der Waals surface area contributed by atoms with Gasteiger partial charge in [-0.15, -0.1) is 0 Å². The predicted octanol–water partition coefficient (Wildman–Crippen LogP) is 3.33. The van der Waals surface area contributed by atoms with Crippen LogP contribution in [0.5, 0.6) is 0 Å². The third kappa shape index (κ3) is 2.51. The Morgan fingerprint density at radius 3 is 2.89 bits per heavy atom. The normalized spacial score (nSPS) is 10.4. The monoisotopic (exact) mass is 314 g/mol. The molecule has 0 aliphatic rings. The van der Waals surface area contributed by atoms with Gasteiger partial charge in [0.25, 0.3) is 6.01 Å². The number of halogens is 2. The summed E-state index contributed by atoms with van der Waals surface area (Å²) < 4.78 is 18.6. The van der Waals surface area contributed by atoms with E-state index in [9.17, 15) is 9.18 Å². The summed E-state index contributed by atoms with van der Waals surface area (Å²) >= 11 is 3.07. The van der Waals surface area contributed by atoms with Crippen LogP contribution in [0.1, 0.15) is 16.1 Å². The second-order valence-electron chi connectivity index (χ2n) is 3.55. The predicted molar refractivity (Wildman–Crippen MR) is 65.6 cm³/mol. The van der Waals surface area contributed by atoms with Crippen molar-refractivity contribution in [2.75, 3.05) is 5.32 Å². The van der Waals surface area contributed by atoms with E-state index in [1.54, 1.807) is 13.0 Å². The Kier molecular flexibility index (Phi) is 3.33. The van der Waals surface area contributed by atoms with Crippen molar-refractivity contribution in [2.24, 2.45) is 0 Å². The van der Waals surface area contributed by atoms with Crippen molar-refractivity contribution in [1.29, 1.82) is 0 Å². The van der Waals surface area contributed by atoms with Crippen molar-refractivity contribution >= 4 is 33.6 Å². The maximum absolute atomic E-state index is 13.4. The van der Waals surface area contributed by atoms with E-state index >= 15 is 0 Å². The minimum atomic E-state index is -1.19. The van der Waals surface area contributed by atoms with E-state index in [-0.39, 0.29) is 11.7 Å². The number of hydrogen-bond acceptors (Lipinski definition) is 4. The number of carboxylic acid groups (broad SMARTS) is 1. The molecule has 94 valence electrons. The highest BCUT2D eigenvalue weighted by atomic mass is 79.9. The number of nitrogens with one attached hydrogen (secondary N) is 1. The van der Waals surface area contributed by atoms with Gasteiger partial charge < -0.3 is 14.8 Å². The van der Waals surface area contributed by atoms with Crippen LogP contribution in [0.25, 0.3) is 0 Å². The molecule has 0 aliphatic heterocycles. The Balaban J connectivity index is 2.28. The van der Waals surface area contributed by atoms with Crippen LogP contribution in [0.4, 0.5) is 16.1 Å². The zero-order chi connectivity index (χ0) is 13.3. The Labute approximate surface area is 110 Å². The topological polar surface area (TPSA) is 75.4 Å². The van der Waals surface area contributed by atoms with Gasteiger partial charge in [0, 0.05) is 5.69 Å². The van der Waals surface area contributed by atoms with Crippen LogP contribution in [0.3, 0.4) is 0 Å².